The summed E-state index contributed by atoms with van der Waals surface area (Å²) in [6, 6.07) is 21.0. The monoisotopic (exact) mass is 395 g/mol. The first-order chi connectivity index (χ1) is 13.4. The fraction of sp³-hybridized carbons (Fsp3) is 0.227. The largest absolute Gasteiger partial charge is 0.364 e. The molecule has 0 atom stereocenters. The Bertz CT molecular complexity index is 1020. The third-order valence-electron chi connectivity index (χ3n) is 4.52. The first-order valence-electron chi connectivity index (χ1n) is 9.22. The Kier molecular flexibility index (Phi) is 5.99. The average molecular weight is 396 g/mol. The molecular formula is C22H25N3O2S. The van der Waals surface area contributed by atoms with Crippen LogP contribution in [0.3, 0.4) is 0 Å². The summed E-state index contributed by atoms with van der Waals surface area (Å²) in [5, 5.41) is 0. The molecule has 0 radical (unpaired) electrons. The molecule has 0 saturated carbocycles. The molecule has 0 fully saturated rings. The lowest BCUT2D eigenvalue weighted by Gasteiger charge is -2.29. The van der Waals surface area contributed by atoms with Crippen LogP contribution in [0.25, 0.3) is 0 Å². The van der Waals surface area contributed by atoms with E-state index in [4.69, 9.17) is 0 Å². The molecule has 1 N–H and O–H groups in total. The maximum Gasteiger partial charge on any atom is 0.263 e. The predicted octanol–water partition coefficient (Wildman–Crippen LogP) is 4.61. The summed E-state index contributed by atoms with van der Waals surface area (Å²) in [5.41, 5.74) is 2.85. The molecule has 0 amide bonds. The van der Waals surface area contributed by atoms with Crippen molar-refractivity contribution in [2.45, 2.75) is 38.3 Å². The molecule has 28 heavy (non-hydrogen) atoms. The number of nitrogens with zero attached hydrogens (tertiary/aromatic N) is 2. The number of nitrogens with one attached hydrogen (secondary N) is 1. The van der Waals surface area contributed by atoms with Crippen LogP contribution in [0.5, 0.6) is 0 Å². The van der Waals surface area contributed by atoms with E-state index in [-0.39, 0.29) is 10.9 Å². The average Bonchev–Trinajstić information content (AvgIpc) is 2.67. The number of aromatic nitrogens is 1. The number of rotatable bonds is 7. The Hall–Kier alpha value is -2.86. The molecule has 3 aromatic rings. The number of sulfonamides is 1. The van der Waals surface area contributed by atoms with Crippen LogP contribution in [0.2, 0.25) is 0 Å². The highest BCUT2D eigenvalue weighted by molar-refractivity contribution is 7.92. The van der Waals surface area contributed by atoms with E-state index in [9.17, 15) is 8.42 Å². The number of pyridine rings is 1. The van der Waals surface area contributed by atoms with Gasteiger partial charge in [0.1, 0.15) is 5.82 Å². The summed E-state index contributed by atoms with van der Waals surface area (Å²) in [4.78, 5) is 6.81. The van der Waals surface area contributed by atoms with Gasteiger partial charge in [0.05, 0.1) is 16.8 Å². The Labute approximate surface area is 167 Å². The number of anilines is 2. The maximum atomic E-state index is 12.6. The molecule has 0 spiro atoms. The molecule has 1 heterocycles. The third-order valence-corrected chi connectivity index (χ3v) is 6.04. The molecule has 5 nitrogen and oxygen atoms in total. The first kappa shape index (κ1) is 19.9. The van der Waals surface area contributed by atoms with Gasteiger partial charge in [-0.05, 0) is 50.1 Å². The zero-order chi connectivity index (χ0) is 20.1. The fourth-order valence-electron chi connectivity index (χ4n) is 3.02. The zero-order valence-electron chi connectivity index (χ0n) is 16.3. The highest BCUT2D eigenvalue weighted by atomic mass is 32.2. The van der Waals surface area contributed by atoms with Crippen LogP contribution in [-0.4, -0.2) is 19.4 Å². The minimum Gasteiger partial charge on any atom is -0.364 e. The van der Waals surface area contributed by atoms with E-state index in [1.165, 1.54) is 5.56 Å². The van der Waals surface area contributed by atoms with Gasteiger partial charge in [0, 0.05) is 12.6 Å². The molecule has 2 aromatic carbocycles. The third kappa shape index (κ3) is 4.70. The van der Waals surface area contributed by atoms with Gasteiger partial charge in [-0.1, -0.05) is 48.5 Å². The first-order valence-corrected chi connectivity index (χ1v) is 10.7. The minimum atomic E-state index is -3.67. The van der Waals surface area contributed by atoms with Gasteiger partial charge in [0.25, 0.3) is 10.0 Å². The molecule has 0 aliphatic carbocycles. The van der Waals surface area contributed by atoms with Crippen molar-refractivity contribution in [3.8, 4) is 0 Å². The van der Waals surface area contributed by atoms with Crippen LogP contribution in [0.4, 0.5) is 11.5 Å². The second kappa shape index (κ2) is 8.44. The van der Waals surface area contributed by atoms with Crippen molar-refractivity contribution < 1.29 is 8.42 Å². The highest BCUT2D eigenvalue weighted by Crippen LogP contribution is 2.22. The van der Waals surface area contributed by atoms with E-state index in [0.29, 0.717) is 11.4 Å². The summed E-state index contributed by atoms with van der Waals surface area (Å²) in [5.74, 6) is 0.301. The minimum absolute atomic E-state index is 0.258. The SMILES string of the molecule is Cc1ccccc1S(=O)(=O)Nc1ccc(N(Cc2ccccc2)C(C)C)cn1. The summed E-state index contributed by atoms with van der Waals surface area (Å²) in [6.07, 6.45) is 1.71. The van der Waals surface area contributed by atoms with Gasteiger partial charge in [-0.25, -0.2) is 13.4 Å². The van der Waals surface area contributed by atoms with Gasteiger partial charge in [-0.15, -0.1) is 0 Å². The maximum absolute atomic E-state index is 12.6. The molecular weight excluding hydrogens is 370 g/mol. The van der Waals surface area contributed by atoms with E-state index in [0.717, 1.165) is 12.2 Å². The van der Waals surface area contributed by atoms with Crippen LogP contribution >= 0.6 is 0 Å². The number of benzene rings is 2. The van der Waals surface area contributed by atoms with E-state index >= 15 is 0 Å². The second-order valence-corrected chi connectivity index (χ2v) is 8.63. The second-order valence-electron chi connectivity index (χ2n) is 6.98. The van der Waals surface area contributed by atoms with Gasteiger partial charge in [-0.2, -0.15) is 0 Å². The summed E-state index contributed by atoms with van der Waals surface area (Å²) in [6.45, 7) is 6.78. The summed E-state index contributed by atoms with van der Waals surface area (Å²) < 4.78 is 27.8. The van der Waals surface area contributed by atoms with Crippen LogP contribution in [0.15, 0.2) is 77.8 Å². The number of hydrogen-bond donors (Lipinski definition) is 1. The quantitative estimate of drug-likeness (QED) is 0.635. The van der Waals surface area contributed by atoms with Crippen molar-refractivity contribution in [1.82, 2.24) is 4.98 Å². The Morgan fingerprint density at radius 2 is 1.64 bits per heavy atom. The van der Waals surface area contributed by atoms with Gasteiger partial charge < -0.3 is 4.90 Å². The highest BCUT2D eigenvalue weighted by Gasteiger charge is 2.17. The normalized spacial score (nSPS) is 11.4. The van der Waals surface area contributed by atoms with Gasteiger partial charge in [0.15, 0.2) is 0 Å². The lowest BCUT2D eigenvalue weighted by atomic mass is 10.1. The lowest BCUT2D eigenvalue weighted by molar-refractivity contribution is 0.600. The van der Waals surface area contributed by atoms with Gasteiger partial charge in [0.2, 0.25) is 0 Å². The number of aryl methyl sites for hydroxylation is 1. The smallest absolute Gasteiger partial charge is 0.263 e. The number of hydrogen-bond acceptors (Lipinski definition) is 4. The topological polar surface area (TPSA) is 62.3 Å². The van der Waals surface area contributed by atoms with E-state index < -0.39 is 10.0 Å². The Balaban J connectivity index is 1.79. The molecule has 0 bridgehead atoms. The van der Waals surface area contributed by atoms with Crippen LogP contribution in [-0.2, 0) is 16.6 Å². The van der Waals surface area contributed by atoms with Crippen molar-refractivity contribution in [2.75, 3.05) is 9.62 Å². The van der Waals surface area contributed by atoms with Crippen molar-refractivity contribution >= 4 is 21.5 Å². The van der Waals surface area contributed by atoms with Crippen molar-refractivity contribution in [2.24, 2.45) is 0 Å². The van der Waals surface area contributed by atoms with E-state index in [1.54, 1.807) is 37.4 Å². The summed E-state index contributed by atoms with van der Waals surface area (Å²) in [7, 11) is -3.67. The van der Waals surface area contributed by atoms with Crippen LogP contribution in [0, 0.1) is 6.92 Å². The fourth-order valence-corrected chi connectivity index (χ4v) is 4.27. The Morgan fingerprint density at radius 1 is 0.964 bits per heavy atom. The molecule has 0 saturated heterocycles. The molecule has 6 heteroatoms. The molecule has 0 unspecified atom stereocenters. The van der Waals surface area contributed by atoms with Gasteiger partial charge in [-0.3, -0.25) is 4.72 Å². The van der Waals surface area contributed by atoms with Crippen LogP contribution < -0.4 is 9.62 Å². The van der Waals surface area contributed by atoms with E-state index in [2.05, 4.69) is 40.6 Å². The van der Waals surface area contributed by atoms with Crippen LogP contribution in [0.1, 0.15) is 25.0 Å². The molecule has 0 aliphatic rings. The summed E-state index contributed by atoms with van der Waals surface area (Å²) >= 11 is 0. The van der Waals surface area contributed by atoms with Crippen molar-refractivity contribution in [3.63, 3.8) is 0 Å². The molecule has 146 valence electrons. The van der Waals surface area contributed by atoms with Crippen molar-refractivity contribution in [3.05, 3.63) is 84.1 Å². The zero-order valence-corrected chi connectivity index (χ0v) is 17.1. The molecule has 3 rings (SSSR count). The van der Waals surface area contributed by atoms with Gasteiger partial charge >= 0.3 is 0 Å². The molecule has 0 aliphatic heterocycles. The predicted molar refractivity (Wildman–Crippen MR) is 114 cm³/mol. The lowest BCUT2D eigenvalue weighted by Crippen LogP contribution is -2.30. The van der Waals surface area contributed by atoms with Crippen molar-refractivity contribution in [1.29, 1.82) is 0 Å². The Morgan fingerprint density at radius 3 is 2.25 bits per heavy atom. The molecule has 1 aromatic heterocycles. The standard InChI is InChI=1S/C22H25N3O2S/c1-17(2)25(16-19-10-5-4-6-11-19)20-13-14-22(23-15-20)24-28(26,27)21-12-8-7-9-18(21)3/h4-15,17H,16H2,1-3H3,(H,23,24). The van der Waals surface area contributed by atoms with E-state index in [1.807, 2.05) is 30.3 Å².